The highest BCUT2D eigenvalue weighted by Gasteiger charge is 2.33. The van der Waals surface area contributed by atoms with Gasteiger partial charge in [0, 0.05) is 41.4 Å². The van der Waals surface area contributed by atoms with Crippen LogP contribution in [0.1, 0.15) is 46.9 Å². The first-order chi connectivity index (χ1) is 14.2. The normalized spacial score (nSPS) is 21.3. The van der Waals surface area contributed by atoms with Gasteiger partial charge in [0.15, 0.2) is 11.5 Å². The number of nitrogens with one attached hydrogen (secondary N) is 2. The molecule has 5 rings (SSSR count). The third-order valence-electron chi connectivity index (χ3n) is 6.22. The van der Waals surface area contributed by atoms with Crippen LogP contribution in [0.15, 0.2) is 42.5 Å². The number of hydrogen-bond acceptors (Lipinski definition) is 3. The summed E-state index contributed by atoms with van der Waals surface area (Å²) in [5, 5.41) is 1.03. The lowest BCUT2D eigenvalue weighted by Crippen LogP contribution is -3.11. The lowest BCUT2D eigenvalue weighted by molar-refractivity contribution is -0.910. The highest BCUT2D eigenvalue weighted by atomic mass is 16.5. The number of carbonyl (C=O) groups excluding carboxylic acids is 1. The summed E-state index contributed by atoms with van der Waals surface area (Å²) >= 11 is 0. The van der Waals surface area contributed by atoms with Crippen molar-refractivity contribution in [2.45, 2.75) is 32.2 Å². The number of carbonyl (C=O) groups is 1. The molecule has 2 aromatic carbocycles. The molecule has 1 saturated heterocycles. The molecule has 1 fully saturated rings. The van der Waals surface area contributed by atoms with Crippen molar-refractivity contribution in [1.29, 1.82) is 0 Å². The van der Waals surface area contributed by atoms with Crippen LogP contribution in [0.3, 0.4) is 0 Å². The molecule has 0 saturated carbocycles. The Kier molecular flexibility index (Phi) is 4.76. The van der Waals surface area contributed by atoms with Gasteiger partial charge in [-0.3, -0.25) is 4.79 Å². The van der Waals surface area contributed by atoms with Gasteiger partial charge in [0.25, 0.3) is 0 Å². The fourth-order valence-corrected chi connectivity index (χ4v) is 4.85. The lowest BCUT2D eigenvalue weighted by Gasteiger charge is -2.22. The number of H-pyrrole nitrogens is 1. The van der Waals surface area contributed by atoms with E-state index in [9.17, 15) is 4.79 Å². The average Bonchev–Trinajstić information content (AvgIpc) is 3.23. The van der Waals surface area contributed by atoms with Crippen LogP contribution in [0, 0.1) is 6.92 Å². The maximum atomic E-state index is 13.3. The number of Topliss-reactive ketones (excluding diaryl/α,β-unsaturated/α-hetero) is 1. The van der Waals surface area contributed by atoms with E-state index in [0.29, 0.717) is 25.8 Å². The summed E-state index contributed by atoms with van der Waals surface area (Å²) in [5.41, 5.74) is 4.08. The first-order valence-electron chi connectivity index (χ1n) is 10.6. The minimum atomic E-state index is 0.219. The van der Waals surface area contributed by atoms with Crippen molar-refractivity contribution in [3.05, 3.63) is 59.3 Å². The molecule has 29 heavy (non-hydrogen) atoms. The third-order valence-corrected chi connectivity index (χ3v) is 6.22. The number of ketones is 1. The Balaban J connectivity index is 1.39. The Bertz CT molecular complexity index is 1060. The molecule has 3 heterocycles. The first-order valence-corrected chi connectivity index (χ1v) is 10.6. The number of fused-ring (bicyclic) bond motifs is 2. The van der Waals surface area contributed by atoms with E-state index in [2.05, 4.69) is 17.1 Å². The monoisotopic (exact) mass is 391 g/mol. The van der Waals surface area contributed by atoms with Crippen LogP contribution < -0.4 is 14.4 Å². The van der Waals surface area contributed by atoms with Gasteiger partial charge in [-0.05, 0) is 31.2 Å². The number of para-hydroxylation sites is 1. The van der Waals surface area contributed by atoms with Crippen LogP contribution in [0.4, 0.5) is 0 Å². The van der Waals surface area contributed by atoms with Crippen molar-refractivity contribution in [1.82, 2.24) is 4.98 Å². The van der Waals surface area contributed by atoms with Crippen LogP contribution in [-0.4, -0.2) is 37.1 Å². The smallest absolute Gasteiger partial charge is 0.219 e. The number of likely N-dealkylation sites (tertiary alicyclic amines) is 1. The molecule has 2 N–H and O–H groups in total. The fraction of sp³-hybridized carbons (Fsp3) is 0.375. The van der Waals surface area contributed by atoms with Gasteiger partial charge in [-0.15, -0.1) is 0 Å². The largest absolute Gasteiger partial charge is 0.490 e. The van der Waals surface area contributed by atoms with Gasteiger partial charge in [0.1, 0.15) is 12.6 Å². The van der Waals surface area contributed by atoms with E-state index in [1.165, 1.54) is 10.5 Å². The molecule has 0 amide bonds. The molecular weight excluding hydrogens is 364 g/mol. The van der Waals surface area contributed by atoms with Gasteiger partial charge in [-0.2, -0.15) is 0 Å². The number of ether oxygens (including phenoxy) is 2. The van der Waals surface area contributed by atoms with Crippen molar-refractivity contribution >= 4 is 16.7 Å². The van der Waals surface area contributed by atoms with Crippen LogP contribution in [0.25, 0.3) is 10.9 Å². The Labute approximate surface area is 170 Å². The average molecular weight is 391 g/mol. The van der Waals surface area contributed by atoms with Crippen molar-refractivity contribution in [2.75, 3.05) is 26.3 Å². The second-order valence-electron chi connectivity index (χ2n) is 8.13. The highest BCUT2D eigenvalue weighted by Crippen LogP contribution is 2.33. The summed E-state index contributed by atoms with van der Waals surface area (Å²) in [4.78, 5) is 18.0. The van der Waals surface area contributed by atoms with E-state index in [0.717, 1.165) is 59.5 Å². The van der Waals surface area contributed by atoms with E-state index in [1.807, 2.05) is 37.3 Å². The van der Waals surface area contributed by atoms with E-state index < -0.39 is 0 Å². The number of aromatic amines is 1. The quantitative estimate of drug-likeness (QED) is 0.672. The zero-order valence-corrected chi connectivity index (χ0v) is 16.8. The first kappa shape index (κ1) is 18.3. The second kappa shape index (κ2) is 7.56. The minimum absolute atomic E-state index is 0.219. The van der Waals surface area contributed by atoms with Gasteiger partial charge in [-0.1, -0.05) is 18.2 Å². The summed E-state index contributed by atoms with van der Waals surface area (Å²) in [6.45, 7) is 4.92. The van der Waals surface area contributed by atoms with Crippen molar-refractivity contribution < 1.29 is 19.2 Å². The molecule has 1 aromatic heterocycles. The number of aryl methyl sites for hydroxylation is 1. The number of benzene rings is 2. The van der Waals surface area contributed by atoms with E-state index in [1.54, 1.807) is 0 Å². The maximum absolute atomic E-state index is 13.3. The SMILES string of the molecule is Cc1[nH]c2ccccc2c1C(=O)C[NH+]1CCC[C@@H]1c1ccc2c(c1)OCCCO2. The van der Waals surface area contributed by atoms with Crippen LogP contribution in [0.5, 0.6) is 11.5 Å². The van der Waals surface area contributed by atoms with E-state index in [4.69, 9.17) is 9.47 Å². The topological polar surface area (TPSA) is 55.8 Å². The molecule has 150 valence electrons. The van der Waals surface area contributed by atoms with Crippen molar-refractivity contribution in [3.8, 4) is 11.5 Å². The Hall–Kier alpha value is -2.79. The van der Waals surface area contributed by atoms with Gasteiger partial charge >= 0.3 is 0 Å². The summed E-state index contributed by atoms with van der Waals surface area (Å²) in [5.74, 6) is 1.89. The number of rotatable bonds is 4. The van der Waals surface area contributed by atoms with E-state index >= 15 is 0 Å². The summed E-state index contributed by atoms with van der Waals surface area (Å²) in [6, 6.07) is 14.7. The van der Waals surface area contributed by atoms with Crippen molar-refractivity contribution in [3.63, 3.8) is 0 Å². The number of hydrogen-bond donors (Lipinski definition) is 2. The molecule has 2 atom stereocenters. The fourth-order valence-electron chi connectivity index (χ4n) is 4.85. The van der Waals surface area contributed by atoms with E-state index in [-0.39, 0.29) is 5.78 Å². The molecule has 2 aliphatic rings. The molecule has 3 aromatic rings. The zero-order valence-electron chi connectivity index (χ0n) is 16.8. The molecule has 5 heteroatoms. The Morgan fingerprint density at radius 3 is 2.83 bits per heavy atom. The predicted octanol–water partition coefficient (Wildman–Crippen LogP) is 3.24. The Morgan fingerprint density at radius 2 is 1.93 bits per heavy atom. The van der Waals surface area contributed by atoms with Crippen LogP contribution >= 0.6 is 0 Å². The summed E-state index contributed by atoms with van der Waals surface area (Å²) in [7, 11) is 0. The summed E-state index contributed by atoms with van der Waals surface area (Å²) < 4.78 is 11.7. The standard InChI is InChI=1S/C24H26N2O3/c1-16-24(18-6-2-3-7-19(18)25-16)21(27)15-26-11-4-8-20(26)17-9-10-22-23(14-17)29-13-5-12-28-22/h2-3,6-7,9-10,14,20,25H,4-5,8,11-13,15H2,1H3/p+1/t20-/m1/s1. The molecule has 0 radical (unpaired) electrons. The molecule has 0 aliphatic carbocycles. The number of quaternary nitrogens is 1. The molecule has 5 nitrogen and oxygen atoms in total. The van der Waals surface area contributed by atoms with Crippen LogP contribution in [-0.2, 0) is 0 Å². The van der Waals surface area contributed by atoms with Gasteiger partial charge in [0.05, 0.1) is 25.3 Å². The third kappa shape index (κ3) is 3.40. The number of aromatic nitrogens is 1. The molecular formula is C24H27N2O3+. The highest BCUT2D eigenvalue weighted by molar-refractivity contribution is 6.09. The van der Waals surface area contributed by atoms with Crippen LogP contribution in [0.2, 0.25) is 0 Å². The summed E-state index contributed by atoms with van der Waals surface area (Å²) in [6.07, 6.45) is 3.13. The molecule has 2 aliphatic heterocycles. The van der Waals surface area contributed by atoms with Crippen molar-refractivity contribution in [2.24, 2.45) is 0 Å². The lowest BCUT2D eigenvalue weighted by atomic mass is 10.0. The van der Waals surface area contributed by atoms with Gasteiger partial charge in [-0.25, -0.2) is 0 Å². The zero-order chi connectivity index (χ0) is 19.8. The predicted molar refractivity (Wildman–Crippen MR) is 112 cm³/mol. The molecule has 0 spiro atoms. The second-order valence-corrected chi connectivity index (χ2v) is 8.13. The van der Waals surface area contributed by atoms with Gasteiger partial charge < -0.3 is 19.4 Å². The molecule has 0 bridgehead atoms. The molecule has 1 unspecified atom stereocenters. The maximum Gasteiger partial charge on any atom is 0.219 e. The minimum Gasteiger partial charge on any atom is -0.490 e. The van der Waals surface area contributed by atoms with Gasteiger partial charge in [0.2, 0.25) is 5.78 Å². The Morgan fingerprint density at radius 1 is 1.10 bits per heavy atom.